The number of rotatable bonds is 5. The van der Waals surface area contributed by atoms with Gasteiger partial charge in [-0.3, -0.25) is 0 Å². The Balaban J connectivity index is 1.51. The van der Waals surface area contributed by atoms with Crippen LogP contribution in [0.25, 0.3) is 0 Å². The molecule has 4 nitrogen and oxygen atoms in total. The van der Waals surface area contributed by atoms with E-state index in [9.17, 15) is 8.42 Å². The standard InChI is InChI=1S/C14H25NO3S/c16-19(17)8-5-12(9-19)14(10-15-11-14)6-1-3-13-4-2-7-18-13/h12-13,15H,1-11H2. The van der Waals surface area contributed by atoms with Crippen molar-refractivity contribution in [2.45, 2.75) is 44.6 Å². The maximum atomic E-state index is 11.7. The fraction of sp³-hybridized carbons (Fsp3) is 1.00. The van der Waals surface area contributed by atoms with Gasteiger partial charge in [0.25, 0.3) is 0 Å². The van der Waals surface area contributed by atoms with Crippen LogP contribution in [0.2, 0.25) is 0 Å². The summed E-state index contributed by atoms with van der Waals surface area (Å²) in [5, 5.41) is 3.36. The van der Waals surface area contributed by atoms with Gasteiger partial charge in [-0.25, -0.2) is 8.42 Å². The van der Waals surface area contributed by atoms with Gasteiger partial charge in [-0.1, -0.05) is 6.42 Å². The van der Waals surface area contributed by atoms with Crippen LogP contribution in [0.15, 0.2) is 0 Å². The Morgan fingerprint density at radius 3 is 2.63 bits per heavy atom. The Morgan fingerprint density at radius 2 is 2.11 bits per heavy atom. The highest BCUT2D eigenvalue weighted by Crippen LogP contribution is 2.43. The van der Waals surface area contributed by atoms with Gasteiger partial charge in [-0.2, -0.15) is 0 Å². The molecule has 0 aromatic heterocycles. The molecule has 3 rings (SSSR count). The molecule has 2 atom stereocenters. The summed E-state index contributed by atoms with van der Waals surface area (Å²) in [6, 6.07) is 0. The number of hydrogen-bond acceptors (Lipinski definition) is 4. The minimum Gasteiger partial charge on any atom is -0.378 e. The fourth-order valence-electron chi connectivity index (χ4n) is 3.95. The second-order valence-electron chi connectivity index (χ2n) is 6.59. The van der Waals surface area contributed by atoms with Crippen LogP contribution in [0.3, 0.4) is 0 Å². The summed E-state index contributed by atoms with van der Waals surface area (Å²) in [7, 11) is -2.75. The van der Waals surface area contributed by atoms with Crippen LogP contribution in [0.4, 0.5) is 0 Å². The molecule has 3 aliphatic rings. The Bertz CT molecular complexity index is 410. The van der Waals surface area contributed by atoms with Crippen molar-refractivity contribution in [1.29, 1.82) is 0 Å². The van der Waals surface area contributed by atoms with Gasteiger partial charge in [0.15, 0.2) is 9.84 Å². The molecule has 3 aliphatic heterocycles. The summed E-state index contributed by atoms with van der Waals surface area (Å²) in [5.74, 6) is 1.22. The molecule has 2 unspecified atom stereocenters. The zero-order valence-corrected chi connectivity index (χ0v) is 12.4. The molecule has 3 heterocycles. The van der Waals surface area contributed by atoms with Gasteiger partial charge in [0.2, 0.25) is 0 Å². The van der Waals surface area contributed by atoms with E-state index in [4.69, 9.17) is 4.74 Å². The van der Waals surface area contributed by atoms with Crippen LogP contribution >= 0.6 is 0 Å². The van der Waals surface area contributed by atoms with Crippen LogP contribution in [0, 0.1) is 11.3 Å². The van der Waals surface area contributed by atoms with E-state index in [1.807, 2.05) is 0 Å². The highest BCUT2D eigenvalue weighted by molar-refractivity contribution is 7.91. The Morgan fingerprint density at radius 1 is 1.26 bits per heavy atom. The number of sulfone groups is 1. The molecule has 5 heteroatoms. The molecule has 0 aromatic rings. The average Bonchev–Trinajstić information content (AvgIpc) is 2.92. The Labute approximate surface area is 116 Å². The summed E-state index contributed by atoms with van der Waals surface area (Å²) in [6.07, 6.45) is 7.27. The molecule has 110 valence electrons. The molecule has 0 radical (unpaired) electrons. The van der Waals surface area contributed by atoms with Crippen LogP contribution < -0.4 is 5.32 Å². The molecule has 0 aromatic carbocycles. The van der Waals surface area contributed by atoms with Crippen molar-refractivity contribution in [1.82, 2.24) is 5.32 Å². The van der Waals surface area contributed by atoms with E-state index in [1.165, 1.54) is 25.7 Å². The lowest BCUT2D eigenvalue weighted by molar-refractivity contribution is 0.0616. The quantitative estimate of drug-likeness (QED) is 0.829. The van der Waals surface area contributed by atoms with E-state index in [0.717, 1.165) is 32.5 Å². The highest BCUT2D eigenvalue weighted by atomic mass is 32.2. The third-order valence-electron chi connectivity index (χ3n) is 5.28. The van der Waals surface area contributed by atoms with Gasteiger partial charge in [0, 0.05) is 19.7 Å². The lowest BCUT2D eigenvalue weighted by atomic mass is 9.67. The topological polar surface area (TPSA) is 55.4 Å². The minimum atomic E-state index is -2.75. The van der Waals surface area contributed by atoms with Gasteiger partial charge in [0.05, 0.1) is 17.6 Å². The monoisotopic (exact) mass is 287 g/mol. The Kier molecular flexibility index (Phi) is 3.89. The lowest BCUT2D eigenvalue weighted by Gasteiger charge is -2.47. The highest BCUT2D eigenvalue weighted by Gasteiger charge is 2.47. The van der Waals surface area contributed by atoms with Crippen molar-refractivity contribution in [3.63, 3.8) is 0 Å². The molecule has 0 aliphatic carbocycles. The van der Waals surface area contributed by atoms with Crippen molar-refractivity contribution in [2.24, 2.45) is 11.3 Å². The van der Waals surface area contributed by atoms with E-state index in [-0.39, 0.29) is 5.41 Å². The molecule has 3 saturated heterocycles. The first kappa shape index (κ1) is 13.8. The summed E-state index contributed by atoms with van der Waals surface area (Å²) in [4.78, 5) is 0. The van der Waals surface area contributed by atoms with Gasteiger partial charge >= 0.3 is 0 Å². The average molecular weight is 287 g/mol. The largest absolute Gasteiger partial charge is 0.378 e. The summed E-state index contributed by atoms with van der Waals surface area (Å²) >= 11 is 0. The van der Waals surface area contributed by atoms with E-state index in [0.29, 0.717) is 23.5 Å². The van der Waals surface area contributed by atoms with Crippen LogP contribution in [0.5, 0.6) is 0 Å². The number of nitrogens with one attached hydrogen (secondary N) is 1. The zero-order valence-electron chi connectivity index (χ0n) is 11.6. The van der Waals surface area contributed by atoms with Crippen molar-refractivity contribution in [2.75, 3.05) is 31.2 Å². The van der Waals surface area contributed by atoms with Crippen molar-refractivity contribution in [3.8, 4) is 0 Å². The molecular weight excluding hydrogens is 262 g/mol. The minimum absolute atomic E-state index is 0.266. The molecule has 0 saturated carbocycles. The SMILES string of the molecule is O=S1(=O)CCC(C2(CCCC3CCCO3)CNC2)C1. The summed E-state index contributed by atoms with van der Waals surface area (Å²) < 4.78 is 29.0. The van der Waals surface area contributed by atoms with E-state index >= 15 is 0 Å². The predicted molar refractivity (Wildman–Crippen MR) is 74.9 cm³/mol. The maximum Gasteiger partial charge on any atom is 0.150 e. The van der Waals surface area contributed by atoms with Crippen molar-refractivity contribution >= 4 is 9.84 Å². The molecular formula is C14H25NO3S. The fourth-order valence-corrected chi connectivity index (χ4v) is 5.89. The van der Waals surface area contributed by atoms with Crippen LogP contribution in [-0.2, 0) is 14.6 Å². The first-order chi connectivity index (χ1) is 9.10. The second-order valence-corrected chi connectivity index (χ2v) is 8.82. The zero-order chi connectivity index (χ0) is 13.3. The van der Waals surface area contributed by atoms with Gasteiger partial charge < -0.3 is 10.1 Å². The molecule has 1 N–H and O–H groups in total. The normalized spacial score (nSPS) is 36.2. The number of hydrogen-bond donors (Lipinski definition) is 1. The first-order valence-corrected chi connectivity index (χ1v) is 9.45. The van der Waals surface area contributed by atoms with E-state index in [1.54, 1.807) is 0 Å². The lowest BCUT2D eigenvalue weighted by Crippen LogP contribution is -2.57. The third-order valence-corrected chi connectivity index (χ3v) is 7.05. The molecule has 3 fully saturated rings. The molecule has 19 heavy (non-hydrogen) atoms. The van der Waals surface area contributed by atoms with Crippen LogP contribution in [-0.4, -0.2) is 45.7 Å². The Hall–Kier alpha value is -0.130. The maximum absolute atomic E-state index is 11.7. The second kappa shape index (κ2) is 5.34. The van der Waals surface area contributed by atoms with Crippen molar-refractivity contribution < 1.29 is 13.2 Å². The van der Waals surface area contributed by atoms with Gasteiger partial charge in [0.1, 0.15) is 0 Å². The van der Waals surface area contributed by atoms with Crippen LogP contribution in [0.1, 0.15) is 38.5 Å². The van der Waals surface area contributed by atoms with E-state index < -0.39 is 9.84 Å². The first-order valence-electron chi connectivity index (χ1n) is 7.62. The third kappa shape index (κ3) is 2.98. The molecule has 0 spiro atoms. The summed E-state index contributed by atoms with van der Waals surface area (Å²) in [6.45, 7) is 2.95. The van der Waals surface area contributed by atoms with E-state index in [2.05, 4.69) is 5.32 Å². The smallest absolute Gasteiger partial charge is 0.150 e. The predicted octanol–water partition coefficient (Wildman–Crippen LogP) is 1.36. The van der Waals surface area contributed by atoms with Crippen molar-refractivity contribution in [3.05, 3.63) is 0 Å². The molecule has 0 amide bonds. The van der Waals surface area contributed by atoms with Gasteiger partial charge in [-0.05, 0) is 43.4 Å². The van der Waals surface area contributed by atoms with Gasteiger partial charge in [-0.15, -0.1) is 0 Å². The summed E-state index contributed by atoms with van der Waals surface area (Å²) in [5.41, 5.74) is 0.266. The molecule has 0 bridgehead atoms. The number of ether oxygens (including phenoxy) is 1.